The molecule has 0 bridgehead atoms. The van der Waals surface area contributed by atoms with Crippen LogP contribution >= 0.6 is 22.7 Å². The van der Waals surface area contributed by atoms with Crippen LogP contribution in [0.25, 0.3) is 11.1 Å². The maximum Gasteiger partial charge on any atom is 0.338 e. The molecule has 1 atom stereocenters. The number of carbonyl (C=O) groups excluding carboxylic acids is 1. The molecule has 0 aliphatic carbocycles. The van der Waals surface area contributed by atoms with E-state index in [4.69, 9.17) is 14.5 Å². The first-order valence-corrected chi connectivity index (χ1v) is 15.2. The standard InChI is InChI=1S/C32H32N4O4S2/c1-16(2)40-31(38)27-19(5)34-32-36(28(27)22-10-9-11-24(13-22)39-8)29(37)26(42-32)14-23-12-17(3)35(20(23)6)30-25(15-33)18(4)21(7)41-30/h9-14,16,28H,1-8H3/b26-14-/t28-/m1/s1. The van der Waals surface area contributed by atoms with Gasteiger partial charge < -0.3 is 14.0 Å². The van der Waals surface area contributed by atoms with Gasteiger partial charge in [-0.1, -0.05) is 23.5 Å². The molecule has 0 fully saturated rings. The summed E-state index contributed by atoms with van der Waals surface area (Å²) >= 11 is 2.87. The van der Waals surface area contributed by atoms with Crippen molar-refractivity contribution in [2.24, 2.45) is 4.99 Å². The van der Waals surface area contributed by atoms with Gasteiger partial charge in [-0.2, -0.15) is 5.26 Å². The fourth-order valence-corrected chi connectivity index (χ4v) is 7.53. The van der Waals surface area contributed by atoms with E-state index in [0.29, 0.717) is 31.9 Å². The van der Waals surface area contributed by atoms with Crippen LogP contribution in [0, 0.1) is 39.0 Å². The normalized spacial score (nSPS) is 15.0. The van der Waals surface area contributed by atoms with Crippen LogP contribution in [0.5, 0.6) is 5.75 Å². The quantitative estimate of drug-likeness (QED) is 0.285. The Bertz CT molecular complexity index is 2000. The molecule has 0 spiro atoms. The maximum atomic E-state index is 14.1. The average Bonchev–Trinajstić information content (AvgIpc) is 3.51. The second-order valence-electron chi connectivity index (χ2n) is 10.5. The summed E-state index contributed by atoms with van der Waals surface area (Å²) in [5.74, 6) is 0.107. The molecule has 8 nitrogen and oxygen atoms in total. The van der Waals surface area contributed by atoms with Crippen molar-refractivity contribution in [1.29, 1.82) is 5.26 Å². The Kier molecular flexibility index (Phi) is 7.84. The third-order valence-corrected chi connectivity index (χ3v) is 9.61. The van der Waals surface area contributed by atoms with Crippen LogP contribution in [0.3, 0.4) is 0 Å². The number of benzene rings is 1. The average molecular weight is 601 g/mol. The van der Waals surface area contributed by atoms with Crippen LogP contribution in [-0.2, 0) is 9.53 Å². The number of fused-ring (bicyclic) bond motifs is 1. The predicted octanol–water partition coefficient (Wildman–Crippen LogP) is 5.15. The molecule has 10 heteroatoms. The molecule has 5 rings (SSSR count). The number of hydrogen-bond acceptors (Lipinski definition) is 8. The third kappa shape index (κ3) is 4.93. The van der Waals surface area contributed by atoms with E-state index in [9.17, 15) is 14.9 Å². The molecule has 4 heterocycles. The van der Waals surface area contributed by atoms with Gasteiger partial charge in [0, 0.05) is 16.3 Å². The van der Waals surface area contributed by atoms with Gasteiger partial charge in [-0.25, -0.2) is 9.79 Å². The van der Waals surface area contributed by atoms with Gasteiger partial charge >= 0.3 is 5.97 Å². The minimum absolute atomic E-state index is 0.251. The number of nitrogens with zero attached hydrogens (tertiary/aromatic N) is 4. The second-order valence-corrected chi connectivity index (χ2v) is 12.8. The number of hydrogen-bond donors (Lipinski definition) is 0. The van der Waals surface area contributed by atoms with E-state index in [0.717, 1.165) is 38.0 Å². The molecule has 0 amide bonds. The van der Waals surface area contributed by atoms with Crippen molar-refractivity contribution in [1.82, 2.24) is 9.13 Å². The van der Waals surface area contributed by atoms with Gasteiger partial charge in [0.15, 0.2) is 4.80 Å². The maximum absolute atomic E-state index is 14.1. The van der Waals surface area contributed by atoms with Gasteiger partial charge in [0.25, 0.3) is 5.56 Å². The minimum Gasteiger partial charge on any atom is -0.497 e. The number of methoxy groups -OCH3 is 1. The van der Waals surface area contributed by atoms with E-state index < -0.39 is 12.0 Å². The number of thiazole rings is 1. The van der Waals surface area contributed by atoms with Crippen LogP contribution in [0.1, 0.15) is 65.3 Å². The first kappa shape index (κ1) is 29.3. The Labute approximate surface area is 252 Å². The van der Waals surface area contributed by atoms with Crippen molar-refractivity contribution in [2.75, 3.05) is 7.11 Å². The molecular formula is C32H32N4O4S2. The Morgan fingerprint density at radius 3 is 2.55 bits per heavy atom. The lowest BCUT2D eigenvalue weighted by atomic mass is 9.95. The molecule has 0 saturated heterocycles. The summed E-state index contributed by atoms with van der Waals surface area (Å²) in [7, 11) is 1.58. The second kappa shape index (κ2) is 11.2. The molecule has 0 N–H and O–H groups in total. The zero-order valence-electron chi connectivity index (χ0n) is 24.9. The predicted molar refractivity (Wildman–Crippen MR) is 165 cm³/mol. The van der Waals surface area contributed by atoms with E-state index in [1.807, 2.05) is 64.1 Å². The fraction of sp³-hybridized carbons (Fsp3) is 0.312. The summed E-state index contributed by atoms with van der Waals surface area (Å²) in [5.41, 5.74) is 5.72. The van der Waals surface area contributed by atoms with Crippen molar-refractivity contribution in [3.8, 4) is 16.8 Å². The first-order valence-electron chi connectivity index (χ1n) is 13.5. The molecule has 42 heavy (non-hydrogen) atoms. The molecule has 4 aromatic rings. The lowest BCUT2D eigenvalue weighted by Crippen LogP contribution is -2.40. The third-order valence-electron chi connectivity index (χ3n) is 7.43. The molecule has 0 unspecified atom stereocenters. The number of aryl methyl sites for hydroxylation is 2. The zero-order chi connectivity index (χ0) is 30.5. The zero-order valence-corrected chi connectivity index (χ0v) is 26.5. The van der Waals surface area contributed by atoms with Crippen molar-refractivity contribution in [3.05, 3.63) is 99.8 Å². The van der Waals surface area contributed by atoms with E-state index in [-0.39, 0.29) is 11.7 Å². The van der Waals surface area contributed by atoms with Gasteiger partial charge in [-0.3, -0.25) is 9.36 Å². The summed E-state index contributed by atoms with van der Waals surface area (Å²) < 4.78 is 15.2. The van der Waals surface area contributed by atoms with Crippen molar-refractivity contribution < 1.29 is 14.3 Å². The summed E-state index contributed by atoms with van der Waals surface area (Å²) in [5, 5.41) is 10.7. The summed E-state index contributed by atoms with van der Waals surface area (Å²) in [4.78, 5) is 33.8. The largest absolute Gasteiger partial charge is 0.497 e. The number of rotatable bonds is 6. The highest BCUT2D eigenvalue weighted by molar-refractivity contribution is 7.15. The van der Waals surface area contributed by atoms with Crippen LogP contribution in [-0.4, -0.2) is 28.3 Å². The smallest absolute Gasteiger partial charge is 0.338 e. The monoisotopic (exact) mass is 600 g/mol. The number of allylic oxidation sites excluding steroid dienone is 1. The number of ether oxygens (including phenoxy) is 2. The number of aromatic nitrogens is 2. The highest BCUT2D eigenvalue weighted by atomic mass is 32.1. The molecule has 1 aliphatic heterocycles. The summed E-state index contributed by atoms with van der Waals surface area (Å²) in [6.07, 6.45) is 1.54. The van der Waals surface area contributed by atoms with E-state index in [1.165, 1.54) is 11.3 Å². The van der Waals surface area contributed by atoms with Gasteiger partial charge in [-0.05, 0) is 89.4 Å². The Balaban J connectivity index is 1.71. The Morgan fingerprint density at radius 2 is 1.88 bits per heavy atom. The van der Waals surface area contributed by atoms with E-state index in [1.54, 1.807) is 43.8 Å². The summed E-state index contributed by atoms with van der Waals surface area (Å²) in [6.45, 7) is 13.3. The van der Waals surface area contributed by atoms with Crippen LogP contribution in [0.4, 0.5) is 0 Å². The molecule has 0 saturated carbocycles. The SMILES string of the molecule is COc1cccc([C@@H]2C(C(=O)OC(C)C)=C(C)N=c3s/c(=C\c4cc(C)n(-c5sc(C)c(C)c5C#N)c4C)c(=O)n32)c1. The van der Waals surface area contributed by atoms with Crippen molar-refractivity contribution >= 4 is 34.7 Å². The topological polar surface area (TPSA) is 98.6 Å². The van der Waals surface area contributed by atoms with Crippen LogP contribution in [0.2, 0.25) is 0 Å². The lowest BCUT2D eigenvalue weighted by molar-refractivity contribution is -0.143. The molecular weight excluding hydrogens is 569 g/mol. The fourth-order valence-electron chi connectivity index (χ4n) is 5.27. The molecule has 3 aromatic heterocycles. The molecule has 216 valence electrons. The number of esters is 1. The summed E-state index contributed by atoms with van der Waals surface area (Å²) in [6, 6.07) is 11.0. The molecule has 0 radical (unpaired) electrons. The highest BCUT2D eigenvalue weighted by Gasteiger charge is 2.34. The van der Waals surface area contributed by atoms with Gasteiger partial charge in [-0.15, -0.1) is 11.3 Å². The Morgan fingerprint density at radius 1 is 1.14 bits per heavy atom. The Hall–Kier alpha value is -4.20. The first-order chi connectivity index (χ1) is 20.0. The molecule has 1 aliphatic rings. The number of thiophene rings is 1. The van der Waals surface area contributed by atoms with Gasteiger partial charge in [0.1, 0.15) is 16.8 Å². The number of carbonyl (C=O) groups is 1. The lowest BCUT2D eigenvalue weighted by Gasteiger charge is -2.25. The van der Waals surface area contributed by atoms with Crippen molar-refractivity contribution in [2.45, 2.75) is 60.6 Å². The van der Waals surface area contributed by atoms with Gasteiger partial charge in [0.05, 0.1) is 40.6 Å². The van der Waals surface area contributed by atoms with Crippen molar-refractivity contribution in [3.63, 3.8) is 0 Å². The molecule has 1 aromatic carbocycles. The van der Waals surface area contributed by atoms with Gasteiger partial charge in [0.2, 0.25) is 0 Å². The van der Waals surface area contributed by atoms with E-state index >= 15 is 0 Å². The highest BCUT2D eigenvalue weighted by Crippen LogP contribution is 2.34. The van der Waals surface area contributed by atoms with E-state index in [2.05, 4.69) is 10.6 Å². The van der Waals surface area contributed by atoms with Crippen LogP contribution < -0.4 is 19.6 Å². The van der Waals surface area contributed by atoms with Crippen LogP contribution in [0.15, 0.2) is 51.4 Å². The minimum atomic E-state index is -0.729. The number of nitriles is 1.